The summed E-state index contributed by atoms with van der Waals surface area (Å²) in [4.78, 5) is 37.6. The van der Waals surface area contributed by atoms with Crippen molar-refractivity contribution in [1.29, 1.82) is 0 Å². The summed E-state index contributed by atoms with van der Waals surface area (Å²) < 4.78 is 21.3. The van der Waals surface area contributed by atoms with Gasteiger partial charge < -0.3 is 15.2 Å². The number of benzene rings is 1. The van der Waals surface area contributed by atoms with Crippen molar-refractivity contribution in [2.75, 3.05) is 10.6 Å². The molecular weight excluding hydrogens is 509 g/mol. The van der Waals surface area contributed by atoms with Crippen molar-refractivity contribution < 1.29 is 23.8 Å². The van der Waals surface area contributed by atoms with Crippen molar-refractivity contribution >= 4 is 50.3 Å². The summed E-state index contributed by atoms with van der Waals surface area (Å²) in [5.74, 6) is -2.12. The first-order valence-corrected chi connectivity index (χ1v) is 12.7. The normalized spacial score (nSPS) is 11.6. The minimum atomic E-state index is -1.33. The number of nitrogens with one attached hydrogen (secondary N) is 2. The summed E-state index contributed by atoms with van der Waals surface area (Å²) in [5, 5.41) is 15.8. The van der Waals surface area contributed by atoms with Crippen molar-refractivity contribution in [2.45, 2.75) is 53.1 Å². The minimum Gasteiger partial charge on any atom is -0.478 e. The molecule has 3 aromatic heterocycles. The Morgan fingerprint density at radius 3 is 2.55 bits per heavy atom. The van der Waals surface area contributed by atoms with Gasteiger partial charge in [-0.25, -0.2) is 23.9 Å². The number of aromatic nitrogens is 3. The number of hydrogen-bond acceptors (Lipinski definition) is 8. The Morgan fingerprint density at radius 1 is 1.16 bits per heavy atom. The highest BCUT2D eigenvalue weighted by Crippen LogP contribution is 2.36. The van der Waals surface area contributed by atoms with Gasteiger partial charge in [0.05, 0.1) is 21.6 Å². The lowest BCUT2D eigenvalue weighted by Crippen LogP contribution is -2.27. The van der Waals surface area contributed by atoms with E-state index in [-0.39, 0.29) is 28.1 Å². The van der Waals surface area contributed by atoms with Gasteiger partial charge in [0.1, 0.15) is 22.7 Å². The molecule has 38 heavy (non-hydrogen) atoms. The molecule has 0 fully saturated rings. The molecule has 0 atom stereocenters. The number of carboxylic acids is 1. The molecule has 0 unspecified atom stereocenters. The maximum Gasteiger partial charge on any atom is 0.413 e. The number of halogens is 1. The van der Waals surface area contributed by atoms with Gasteiger partial charge in [-0.1, -0.05) is 37.3 Å². The predicted molar refractivity (Wildman–Crippen MR) is 146 cm³/mol. The molecule has 0 saturated heterocycles. The highest BCUT2D eigenvalue weighted by molar-refractivity contribution is 7.22. The average molecular weight is 538 g/mol. The van der Waals surface area contributed by atoms with Crippen molar-refractivity contribution in [3.05, 3.63) is 59.2 Å². The maximum atomic E-state index is 15.4. The van der Waals surface area contributed by atoms with E-state index in [0.717, 1.165) is 17.3 Å². The van der Waals surface area contributed by atoms with Gasteiger partial charge in [-0.05, 0) is 57.4 Å². The first-order valence-electron chi connectivity index (χ1n) is 11.9. The Morgan fingerprint density at radius 2 is 1.89 bits per heavy atom. The number of carbonyl (C=O) groups is 2. The lowest BCUT2D eigenvalue weighted by molar-refractivity contribution is 0.0634. The number of para-hydroxylation sites is 1. The highest BCUT2D eigenvalue weighted by Gasteiger charge is 2.23. The number of pyridine rings is 2. The van der Waals surface area contributed by atoms with Crippen LogP contribution in [0.4, 0.5) is 25.8 Å². The summed E-state index contributed by atoms with van der Waals surface area (Å²) in [6.07, 6.45) is 1.02. The SMILES string of the molecule is Cc1ccnc(C(C)C)c1Nc1nc(-c2cccc3sc(NC(=O)OC(C)(C)C)nc23)c(F)cc1C(=O)O. The van der Waals surface area contributed by atoms with Crippen LogP contribution in [-0.4, -0.2) is 37.7 Å². The Balaban J connectivity index is 1.81. The Hall–Kier alpha value is -4.12. The molecule has 1 aromatic carbocycles. The number of nitrogens with zero attached hydrogens (tertiary/aromatic N) is 3. The van der Waals surface area contributed by atoms with Crippen LogP contribution in [0.3, 0.4) is 0 Å². The van der Waals surface area contributed by atoms with E-state index in [0.29, 0.717) is 21.5 Å². The Kier molecular flexibility index (Phi) is 7.32. The molecule has 0 aliphatic rings. The summed E-state index contributed by atoms with van der Waals surface area (Å²) in [7, 11) is 0. The van der Waals surface area contributed by atoms with Crippen LogP contribution >= 0.6 is 11.3 Å². The second-order valence-corrected chi connectivity index (χ2v) is 11.0. The molecule has 3 heterocycles. The smallest absolute Gasteiger partial charge is 0.413 e. The third-order valence-electron chi connectivity index (χ3n) is 5.47. The average Bonchev–Trinajstić information content (AvgIpc) is 3.21. The van der Waals surface area contributed by atoms with Crippen LogP contribution in [0.25, 0.3) is 21.5 Å². The molecule has 9 nitrogen and oxygen atoms in total. The molecule has 3 N–H and O–H groups in total. The summed E-state index contributed by atoms with van der Waals surface area (Å²) >= 11 is 1.20. The standard InChI is InChI=1S/C27H28FN5O4S/c1-13(2)19-20(14(3)10-11-29-19)30-23-16(24(34)35)12-17(28)21(31-23)15-8-7-9-18-22(15)32-25(38-18)33-26(36)37-27(4,5)6/h7-13H,1-6H3,(H,30,31)(H,34,35)(H,32,33,36). The Labute approximate surface area is 223 Å². The number of aryl methyl sites for hydroxylation is 1. The van der Waals surface area contributed by atoms with Crippen LogP contribution < -0.4 is 10.6 Å². The molecule has 0 aliphatic heterocycles. The summed E-state index contributed by atoms with van der Waals surface area (Å²) in [6.45, 7) is 11.1. The largest absolute Gasteiger partial charge is 0.478 e. The number of amides is 1. The molecule has 4 aromatic rings. The lowest BCUT2D eigenvalue weighted by atomic mass is 10.0. The number of thiazole rings is 1. The molecule has 0 aliphatic carbocycles. The molecule has 0 spiro atoms. The monoisotopic (exact) mass is 537 g/mol. The summed E-state index contributed by atoms with van der Waals surface area (Å²) in [6, 6.07) is 7.89. The number of carbonyl (C=O) groups excluding carboxylic acids is 1. The van der Waals surface area contributed by atoms with Crippen LogP contribution in [0.2, 0.25) is 0 Å². The van der Waals surface area contributed by atoms with E-state index in [1.54, 1.807) is 51.2 Å². The fourth-order valence-corrected chi connectivity index (χ4v) is 4.70. The number of carboxylic acid groups (broad SMARTS) is 1. The predicted octanol–water partition coefficient (Wildman–Crippen LogP) is 7.11. The van der Waals surface area contributed by atoms with Gasteiger partial charge in [-0.3, -0.25) is 10.3 Å². The molecule has 0 saturated carbocycles. The first-order chi connectivity index (χ1) is 17.8. The minimum absolute atomic E-state index is 0.0220. The van der Waals surface area contributed by atoms with E-state index < -0.39 is 23.5 Å². The molecular formula is C27H28FN5O4S. The zero-order chi connectivity index (χ0) is 27.8. The maximum absolute atomic E-state index is 15.4. The van der Waals surface area contributed by atoms with E-state index >= 15 is 4.39 Å². The van der Waals surface area contributed by atoms with Crippen LogP contribution in [0, 0.1) is 12.7 Å². The van der Waals surface area contributed by atoms with Crippen LogP contribution in [0.5, 0.6) is 0 Å². The molecule has 198 valence electrons. The number of anilines is 3. The first kappa shape index (κ1) is 26.9. The number of hydrogen-bond donors (Lipinski definition) is 3. The zero-order valence-corrected chi connectivity index (χ0v) is 22.7. The highest BCUT2D eigenvalue weighted by atomic mass is 32.1. The zero-order valence-electron chi connectivity index (χ0n) is 21.8. The number of rotatable bonds is 6. The number of ether oxygens (including phenoxy) is 1. The van der Waals surface area contributed by atoms with Gasteiger partial charge in [0, 0.05) is 11.8 Å². The summed E-state index contributed by atoms with van der Waals surface area (Å²) in [5.41, 5.74) is 1.86. The molecule has 1 amide bonds. The fraction of sp³-hybridized carbons (Fsp3) is 0.296. The molecule has 0 radical (unpaired) electrons. The topological polar surface area (TPSA) is 126 Å². The van der Waals surface area contributed by atoms with Gasteiger partial charge >= 0.3 is 12.1 Å². The van der Waals surface area contributed by atoms with Crippen LogP contribution in [0.15, 0.2) is 36.5 Å². The van der Waals surface area contributed by atoms with Crippen molar-refractivity contribution in [3.63, 3.8) is 0 Å². The van der Waals surface area contributed by atoms with Crippen LogP contribution in [-0.2, 0) is 4.74 Å². The lowest BCUT2D eigenvalue weighted by Gasteiger charge is -2.18. The third kappa shape index (κ3) is 5.72. The quantitative estimate of drug-likeness (QED) is 0.237. The van der Waals surface area contributed by atoms with Gasteiger partial charge in [0.15, 0.2) is 10.9 Å². The van der Waals surface area contributed by atoms with Gasteiger partial charge in [0.2, 0.25) is 0 Å². The van der Waals surface area contributed by atoms with Crippen molar-refractivity contribution in [3.8, 4) is 11.3 Å². The van der Waals surface area contributed by atoms with E-state index in [1.807, 2.05) is 20.8 Å². The van der Waals surface area contributed by atoms with E-state index in [2.05, 4.69) is 25.6 Å². The van der Waals surface area contributed by atoms with Gasteiger partial charge in [-0.2, -0.15) is 0 Å². The van der Waals surface area contributed by atoms with E-state index in [9.17, 15) is 14.7 Å². The Bertz CT molecular complexity index is 1540. The molecule has 0 bridgehead atoms. The second-order valence-electron chi connectivity index (χ2n) is 9.99. The second kappa shape index (κ2) is 10.3. The van der Waals surface area contributed by atoms with Gasteiger partial charge in [-0.15, -0.1) is 0 Å². The number of fused-ring (bicyclic) bond motifs is 1. The van der Waals surface area contributed by atoms with Gasteiger partial charge in [0.25, 0.3) is 0 Å². The molecule has 11 heteroatoms. The fourth-order valence-electron chi connectivity index (χ4n) is 3.82. The van der Waals surface area contributed by atoms with E-state index in [1.165, 1.54) is 11.3 Å². The van der Waals surface area contributed by atoms with Crippen LogP contribution in [0.1, 0.15) is 62.2 Å². The van der Waals surface area contributed by atoms with Crippen molar-refractivity contribution in [1.82, 2.24) is 15.0 Å². The number of aromatic carboxylic acids is 1. The third-order valence-corrected chi connectivity index (χ3v) is 6.40. The molecule has 4 rings (SSSR count). The van der Waals surface area contributed by atoms with Crippen molar-refractivity contribution in [2.24, 2.45) is 0 Å². The van der Waals surface area contributed by atoms with E-state index in [4.69, 9.17) is 4.74 Å².